The van der Waals surface area contributed by atoms with E-state index in [9.17, 15) is 14.7 Å². The highest BCUT2D eigenvalue weighted by Gasteiger charge is 2.47. The maximum atomic E-state index is 13.5. The van der Waals surface area contributed by atoms with Gasteiger partial charge in [-0.1, -0.05) is 48.5 Å². The van der Waals surface area contributed by atoms with Crippen LogP contribution in [0.1, 0.15) is 39.9 Å². The number of nitrogens with zero attached hydrogens (tertiary/aromatic N) is 3. The second-order valence-corrected chi connectivity index (χ2v) is 9.78. The van der Waals surface area contributed by atoms with Crippen molar-refractivity contribution in [3.8, 4) is 5.75 Å². The van der Waals surface area contributed by atoms with Crippen LogP contribution in [0.5, 0.6) is 5.75 Å². The smallest absolute Gasteiger partial charge is 0.296 e. The Bertz CT molecular complexity index is 1750. The van der Waals surface area contributed by atoms with Crippen LogP contribution in [0.25, 0.3) is 11.4 Å². The Morgan fingerprint density at radius 2 is 1.82 bits per heavy atom. The molecule has 0 saturated carbocycles. The van der Waals surface area contributed by atoms with Gasteiger partial charge in [-0.3, -0.25) is 9.59 Å². The molecule has 6 rings (SSSR count). The van der Waals surface area contributed by atoms with Crippen molar-refractivity contribution in [1.82, 2.24) is 14.3 Å². The number of likely N-dealkylation sites (tertiary alicyclic amines) is 1. The molecule has 40 heavy (non-hydrogen) atoms. The third-order valence-corrected chi connectivity index (χ3v) is 7.18. The van der Waals surface area contributed by atoms with Gasteiger partial charge < -0.3 is 23.6 Å². The van der Waals surface area contributed by atoms with Crippen molar-refractivity contribution in [2.75, 3.05) is 0 Å². The van der Waals surface area contributed by atoms with Gasteiger partial charge >= 0.3 is 0 Å². The van der Waals surface area contributed by atoms with Gasteiger partial charge in [-0.25, -0.2) is 4.98 Å². The molecule has 3 aromatic heterocycles. The third-order valence-electron chi connectivity index (χ3n) is 7.18. The number of hydrogen-bond donors (Lipinski definition) is 1. The normalized spacial score (nSPS) is 16.6. The summed E-state index contributed by atoms with van der Waals surface area (Å²) in [5.41, 5.74) is 4.10. The fourth-order valence-corrected chi connectivity index (χ4v) is 5.15. The number of aliphatic hydroxyl groups is 1. The molecule has 1 fully saturated rings. The van der Waals surface area contributed by atoms with E-state index in [0.717, 1.165) is 11.1 Å². The number of hydrogen-bond acceptors (Lipinski definition) is 6. The lowest BCUT2D eigenvalue weighted by molar-refractivity contribution is -0.140. The van der Waals surface area contributed by atoms with Crippen LogP contribution in [0.15, 0.2) is 101 Å². The van der Waals surface area contributed by atoms with E-state index in [4.69, 9.17) is 9.15 Å². The van der Waals surface area contributed by atoms with Crippen molar-refractivity contribution in [3.05, 3.63) is 131 Å². The number of benzene rings is 2. The molecule has 0 radical (unpaired) electrons. The molecule has 4 heterocycles. The molecular weight excluding hydrogens is 506 g/mol. The Kier molecular flexibility index (Phi) is 6.43. The number of amides is 1. The fourth-order valence-electron chi connectivity index (χ4n) is 5.15. The van der Waals surface area contributed by atoms with Gasteiger partial charge in [0.15, 0.2) is 5.76 Å². The average molecular weight is 534 g/mol. The van der Waals surface area contributed by atoms with Crippen molar-refractivity contribution in [3.63, 3.8) is 0 Å². The molecule has 1 unspecified atom stereocenters. The van der Waals surface area contributed by atoms with Gasteiger partial charge in [0.2, 0.25) is 0 Å². The van der Waals surface area contributed by atoms with Gasteiger partial charge in [0, 0.05) is 6.20 Å². The van der Waals surface area contributed by atoms with Gasteiger partial charge in [-0.2, -0.15) is 0 Å². The number of rotatable bonds is 7. The summed E-state index contributed by atoms with van der Waals surface area (Å²) in [4.78, 5) is 33.0. The highest BCUT2D eigenvalue weighted by molar-refractivity contribution is 6.46. The number of aryl methyl sites for hydroxylation is 2. The van der Waals surface area contributed by atoms with Gasteiger partial charge in [-0.15, -0.1) is 0 Å². The topological polar surface area (TPSA) is 97.3 Å². The Hall–Kier alpha value is -5.11. The van der Waals surface area contributed by atoms with E-state index in [0.29, 0.717) is 35.0 Å². The summed E-state index contributed by atoms with van der Waals surface area (Å²) in [6.45, 7) is 4.16. The number of carbonyl (C=O) groups excluding carboxylic acids is 2. The SMILES string of the molecule is Cc1cccn2c(C)c(C(O)=C3C(=O)C(=O)N(Cc4ccco4)C3c3cccc(OCc4ccccc4)c3)nc12. The Morgan fingerprint density at radius 1 is 1.00 bits per heavy atom. The van der Waals surface area contributed by atoms with Crippen molar-refractivity contribution in [1.29, 1.82) is 0 Å². The number of aromatic nitrogens is 2. The van der Waals surface area contributed by atoms with Crippen LogP contribution in [0.3, 0.4) is 0 Å². The van der Waals surface area contributed by atoms with Crippen LogP contribution in [-0.2, 0) is 22.7 Å². The van der Waals surface area contributed by atoms with Gasteiger partial charge in [0.25, 0.3) is 11.7 Å². The molecule has 200 valence electrons. The summed E-state index contributed by atoms with van der Waals surface area (Å²) in [7, 11) is 0. The van der Waals surface area contributed by atoms with E-state index >= 15 is 0 Å². The third kappa shape index (κ3) is 4.43. The first-order chi connectivity index (χ1) is 19.4. The molecule has 0 aliphatic carbocycles. The van der Waals surface area contributed by atoms with Crippen LogP contribution in [0.2, 0.25) is 0 Å². The van der Waals surface area contributed by atoms with E-state index in [-0.39, 0.29) is 23.6 Å². The molecule has 8 nitrogen and oxygen atoms in total. The number of fused-ring (bicyclic) bond motifs is 1. The Morgan fingerprint density at radius 3 is 2.58 bits per heavy atom. The van der Waals surface area contributed by atoms with E-state index in [1.54, 1.807) is 18.2 Å². The molecule has 1 aliphatic heterocycles. The minimum Gasteiger partial charge on any atom is -0.505 e. The van der Waals surface area contributed by atoms with E-state index in [1.807, 2.05) is 85.1 Å². The zero-order valence-electron chi connectivity index (χ0n) is 22.1. The molecule has 5 aromatic rings. The van der Waals surface area contributed by atoms with Crippen LogP contribution in [-0.4, -0.2) is 31.1 Å². The minimum absolute atomic E-state index is 0.0269. The summed E-state index contributed by atoms with van der Waals surface area (Å²) in [5.74, 6) is -0.733. The van der Waals surface area contributed by atoms with Crippen LogP contribution in [0.4, 0.5) is 0 Å². The maximum Gasteiger partial charge on any atom is 0.296 e. The molecule has 0 bridgehead atoms. The number of Topliss-reactive ketones (excluding diaryl/α,β-unsaturated/α-hetero) is 1. The molecular formula is C32H27N3O5. The lowest BCUT2D eigenvalue weighted by atomic mass is 9.96. The number of imidazole rings is 1. The molecule has 2 aromatic carbocycles. The highest BCUT2D eigenvalue weighted by Crippen LogP contribution is 2.41. The predicted octanol–water partition coefficient (Wildman–Crippen LogP) is 5.75. The lowest BCUT2D eigenvalue weighted by Crippen LogP contribution is -2.29. The number of ether oxygens (including phenoxy) is 1. The van der Waals surface area contributed by atoms with Gasteiger partial charge in [0.05, 0.1) is 30.1 Å². The predicted molar refractivity (Wildman–Crippen MR) is 148 cm³/mol. The molecule has 1 N–H and O–H groups in total. The number of aliphatic hydroxyl groups excluding tert-OH is 1. The van der Waals surface area contributed by atoms with Gasteiger partial charge in [0.1, 0.15) is 29.5 Å². The van der Waals surface area contributed by atoms with E-state index in [1.165, 1.54) is 11.2 Å². The summed E-state index contributed by atoms with van der Waals surface area (Å²) in [5, 5.41) is 11.6. The Balaban J connectivity index is 1.46. The summed E-state index contributed by atoms with van der Waals surface area (Å²) >= 11 is 0. The first-order valence-corrected chi connectivity index (χ1v) is 12.9. The first kappa shape index (κ1) is 25.2. The maximum absolute atomic E-state index is 13.5. The lowest BCUT2D eigenvalue weighted by Gasteiger charge is -2.24. The number of pyridine rings is 1. The quantitative estimate of drug-likeness (QED) is 0.163. The number of furan rings is 1. The standard InChI is InChI=1S/C32H27N3O5/c1-20-9-7-15-34-21(2)27(33-31(20)34)29(36)26-28(35(32(38)30(26)37)18-25-14-8-16-39-25)23-12-6-13-24(17-23)40-19-22-10-4-3-5-11-22/h3-17,28,36H,18-19H2,1-2H3. The monoisotopic (exact) mass is 533 g/mol. The second kappa shape index (κ2) is 10.2. The largest absolute Gasteiger partial charge is 0.505 e. The average Bonchev–Trinajstić information content (AvgIpc) is 3.67. The van der Waals surface area contributed by atoms with Crippen LogP contribution < -0.4 is 4.74 Å². The highest BCUT2D eigenvalue weighted by atomic mass is 16.5. The van der Waals surface area contributed by atoms with Crippen molar-refractivity contribution >= 4 is 23.1 Å². The zero-order chi connectivity index (χ0) is 27.8. The first-order valence-electron chi connectivity index (χ1n) is 12.9. The number of ketones is 1. The van der Waals surface area contributed by atoms with E-state index in [2.05, 4.69) is 4.98 Å². The molecule has 1 saturated heterocycles. The van der Waals surface area contributed by atoms with Crippen LogP contribution >= 0.6 is 0 Å². The summed E-state index contributed by atoms with van der Waals surface area (Å²) in [6, 6.07) is 23.4. The molecule has 1 aliphatic rings. The van der Waals surface area contributed by atoms with Crippen LogP contribution in [0, 0.1) is 13.8 Å². The van der Waals surface area contributed by atoms with Crippen molar-refractivity contribution in [2.45, 2.75) is 33.0 Å². The molecule has 1 amide bonds. The fraction of sp³-hybridized carbons (Fsp3) is 0.156. The van der Waals surface area contributed by atoms with E-state index < -0.39 is 17.7 Å². The summed E-state index contributed by atoms with van der Waals surface area (Å²) < 4.78 is 13.4. The van der Waals surface area contributed by atoms with Crippen molar-refractivity contribution in [2.24, 2.45) is 0 Å². The second-order valence-electron chi connectivity index (χ2n) is 9.78. The molecule has 8 heteroatoms. The number of carbonyl (C=O) groups is 2. The summed E-state index contributed by atoms with van der Waals surface area (Å²) in [6.07, 6.45) is 3.36. The molecule has 0 spiro atoms. The minimum atomic E-state index is -0.879. The molecule has 1 atom stereocenters. The van der Waals surface area contributed by atoms with Gasteiger partial charge in [-0.05, 0) is 60.9 Å². The zero-order valence-corrected chi connectivity index (χ0v) is 22.1. The Labute approximate surface area is 230 Å². The van der Waals surface area contributed by atoms with Crippen molar-refractivity contribution < 1.29 is 23.8 Å².